The Balaban J connectivity index is 0.000000163. The first kappa shape index (κ1) is 36.3. The van der Waals surface area contributed by atoms with Gasteiger partial charge in [0.1, 0.15) is 17.2 Å². The van der Waals surface area contributed by atoms with Crippen LogP contribution in [0.5, 0.6) is 17.2 Å². The van der Waals surface area contributed by atoms with Gasteiger partial charge in [-0.15, -0.1) is 0 Å². The highest BCUT2D eigenvalue weighted by Gasteiger charge is 2.35. The van der Waals surface area contributed by atoms with Crippen molar-refractivity contribution in [1.29, 1.82) is 0 Å². The van der Waals surface area contributed by atoms with Crippen molar-refractivity contribution in [3.63, 3.8) is 0 Å². The maximum absolute atomic E-state index is 11.3. The number of aromatic hydroxyl groups is 3. The fourth-order valence-corrected chi connectivity index (χ4v) is 6.12. The molecular formula is C39H48O9. The standard InChI is InChI=1S/3C13H16O3/c3*1-16-13(15)8-12(9-2-3-9)10-4-6-11(14)7-5-10/h3*4-7,9,12,14H,2-3,8H2,1H3/t2*12-;/m10./s1. The fourth-order valence-electron chi connectivity index (χ4n) is 6.12. The first-order valence-corrected chi connectivity index (χ1v) is 16.7. The number of hydrogen-bond acceptors (Lipinski definition) is 9. The van der Waals surface area contributed by atoms with Crippen LogP contribution in [-0.4, -0.2) is 54.6 Å². The summed E-state index contributed by atoms with van der Waals surface area (Å²) in [6.45, 7) is 0. The SMILES string of the molecule is COC(=O)CC(c1ccc(O)cc1)C1CC1.COC(=O)C[C@@H](c1ccc(O)cc1)C1CC1.COC(=O)C[C@H](c1ccc(O)cc1)C1CC1. The zero-order valence-corrected chi connectivity index (χ0v) is 28.0. The highest BCUT2D eigenvalue weighted by atomic mass is 16.5. The van der Waals surface area contributed by atoms with Gasteiger partial charge in [0.05, 0.1) is 40.6 Å². The minimum absolute atomic E-state index is 0.162. The van der Waals surface area contributed by atoms with Crippen molar-refractivity contribution in [3.05, 3.63) is 89.5 Å². The summed E-state index contributed by atoms with van der Waals surface area (Å²) in [5.74, 6) is 2.83. The van der Waals surface area contributed by atoms with E-state index in [1.165, 1.54) is 59.9 Å². The number of carbonyl (C=O) groups is 3. The zero-order valence-electron chi connectivity index (χ0n) is 28.0. The molecule has 0 heterocycles. The van der Waals surface area contributed by atoms with E-state index in [4.69, 9.17) is 14.2 Å². The van der Waals surface area contributed by atoms with E-state index in [0.29, 0.717) is 37.0 Å². The predicted octanol–water partition coefficient (Wildman–Crippen LogP) is 7.35. The van der Waals surface area contributed by atoms with Gasteiger partial charge in [0.15, 0.2) is 0 Å². The van der Waals surface area contributed by atoms with E-state index in [1.54, 1.807) is 36.4 Å². The highest BCUT2D eigenvalue weighted by molar-refractivity contribution is 5.71. The third-order valence-corrected chi connectivity index (χ3v) is 9.38. The monoisotopic (exact) mass is 660 g/mol. The number of phenolic OH excluding ortho intramolecular Hbond substituents is 3. The predicted molar refractivity (Wildman–Crippen MR) is 181 cm³/mol. The van der Waals surface area contributed by atoms with Gasteiger partial charge in [-0.2, -0.15) is 0 Å². The van der Waals surface area contributed by atoms with E-state index < -0.39 is 0 Å². The van der Waals surface area contributed by atoms with Crippen LogP contribution in [-0.2, 0) is 28.6 Å². The van der Waals surface area contributed by atoms with Crippen LogP contribution in [0, 0.1) is 17.8 Å². The summed E-state index contributed by atoms with van der Waals surface area (Å²) in [6.07, 6.45) is 8.41. The van der Waals surface area contributed by atoms with Crippen LogP contribution in [0.2, 0.25) is 0 Å². The first-order valence-electron chi connectivity index (χ1n) is 16.7. The van der Waals surface area contributed by atoms with E-state index in [1.807, 2.05) is 36.4 Å². The normalized spacial score (nSPS) is 16.8. The Morgan fingerprint density at radius 2 is 0.688 bits per heavy atom. The Hall–Kier alpha value is -4.53. The van der Waals surface area contributed by atoms with E-state index >= 15 is 0 Å². The minimum atomic E-state index is -0.162. The first-order chi connectivity index (χ1) is 23.1. The number of ether oxygens (including phenoxy) is 3. The van der Waals surface area contributed by atoms with Crippen molar-refractivity contribution in [2.45, 2.75) is 75.5 Å². The summed E-state index contributed by atoms with van der Waals surface area (Å²) in [4.78, 5) is 34.0. The molecule has 3 aliphatic carbocycles. The molecule has 3 saturated carbocycles. The molecule has 6 rings (SSSR count). The molecule has 3 aromatic rings. The molecule has 258 valence electrons. The maximum atomic E-state index is 11.3. The van der Waals surface area contributed by atoms with Crippen molar-refractivity contribution >= 4 is 17.9 Å². The second kappa shape index (κ2) is 17.6. The van der Waals surface area contributed by atoms with E-state index in [-0.39, 0.29) is 52.9 Å². The van der Waals surface area contributed by atoms with Crippen molar-refractivity contribution < 1.29 is 43.9 Å². The molecule has 9 heteroatoms. The van der Waals surface area contributed by atoms with E-state index in [2.05, 4.69) is 0 Å². The average molecular weight is 661 g/mol. The molecule has 0 saturated heterocycles. The molecule has 0 amide bonds. The molecular weight excluding hydrogens is 612 g/mol. The summed E-state index contributed by atoms with van der Waals surface area (Å²) < 4.78 is 14.1. The molecule has 3 atom stereocenters. The molecule has 3 fully saturated rings. The van der Waals surface area contributed by atoms with Crippen molar-refractivity contribution in [2.24, 2.45) is 17.8 Å². The van der Waals surface area contributed by atoms with Gasteiger partial charge in [-0.05, 0) is 127 Å². The Morgan fingerprint density at radius 1 is 0.479 bits per heavy atom. The van der Waals surface area contributed by atoms with Crippen LogP contribution in [0.4, 0.5) is 0 Å². The molecule has 48 heavy (non-hydrogen) atoms. The number of phenols is 3. The van der Waals surface area contributed by atoms with Crippen molar-refractivity contribution in [1.82, 2.24) is 0 Å². The van der Waals surface area contributed by atoms with E-state index in [0.717, 1.165) is 16.7 Å². The number of hydrogen-bond donors (Lipinski definition) is 3. The van der Waals surface area contributed by atoms with Crippen LogP contribution in [0.15, 0.2) is 72.8 Å². The van der Waals surface area contributed by atoms with Gasteiger partial charge < -0.3 is 29.5 Å². The molecule has 0 aliphatic heterocycles. The molecule has 3 N–H and O–H groups in total. The van der Waals surface area contributed by atoms with Crippen LogP contribution in [0.3, 0.4) is 0 Å². The van der Waals surface area contributed by atoms with Crippen LogP contribution in [0.25, 0.3) is 0 Å². The number of esters is 3. The van der Waals surface area contributed by atoms with Crippen LogP contribution >= 0.6 is 0 Å². The molecule has 9 nitrogen and oxygen atoms in total. The van der Waals surface area contributed by atoms with Gasteiger partial charge in [0.25, 0.3) is 0 Å². The molecule has 0 spiro atoms. The number of methoxy groups -OCH3 is 3. The van der Waals surface area contributed by atoms with Gasteiger partial charge in [0.2, 0.25) is 0 Å². The lowest BCUT2D eigenvalue weighted by atomic mass is 9.91. The fraction of sp³-hybridized carbons (Fsp3) is 0.462. The van der Waals surface area contributed by atoms with Crippen molar-refractivity contribution in [3.8, 4) is 17.2 Å². The lowest BCUT2D eigenvalue weighted by Gasteiger charge is -2.15. The van der Waals surface area contributed by atoms with Crippen LogP contribution in [0.1, 0.15) is 92.2 Å². The Labute approximate surface area is 282 Å². The second-order valence-electron chi connectivity index (χ2n) is 12.9. The summed E-state index contributed by atoms with van der Waals surface area (Å²) in [7, 11) is 4.26. The van der Waals surface area contributed by atoms with Gasteiger partial charge in [-0.25, -0.2) is 0 Å². The summed E-state index contributed by atoms with van der Waals surface area (Å²) in [5.41, 5.74) is 3.35. The topological polar surface area (TPSA) is 140 Å². The van der Waals surface area contributed by atoms with Gasteiger partial charge in [0, 0.05) is 0 Å². The third kappa shape index (κ3) is 11.6. The van der Waals surface area contributed by atoms with E-state index in [9.17, 15) is 29.7 Å². The summed E-state index contributed by atoms with van der Waals surface area (Å²) in [6, 6.07) is 21.4. The number of rotatable bonds is 12. The Morgan fingerprint density at radius 3 is 0.854 bits per heavy atom. The molecule has 0 bridgehead atoms. The van der Waals surface area contributed by atoms with Crippen LogP contribution < -0.4 is 0 Å². The largest absolute Gasteiger partial charge is 0.508 e. The minimum Gasteiger partial charge on any atom is -0.508 e. The van der Waals surface area contributed by atoms with Gasteiger partial charge in [-0.1, -0.05) is 36.4 Å². The maximum Gasteiger partial charge on any atom is 0.306 e. The Kier molecular flexibility index (Phi) is 13.3. The molecule has 0 aromatic heterocycles. The quantitative estimate of drug-likeness (QED) is 0.134. The number of benzene rings is 3. The average Bonchev–Trinajstić information content (AvgIpc) is 3.94. The molecule has 3 aliphatic rings. The molecule has 0 radical (unpaired) electrons. The molecule has 1 unspecified atom stereocenters. The van der Waals surface area contributed by atoms with Crippen molar-refractivity contribution in [2.75, 3.05) is 21.3 Å². The smallest absolute Gasteiger partial charge is 0.306 e. The van der Waals surface area contributed by atoms with Gasteiger partial charge in [-0.3, -0.25) is 14.4 Å². The number of carbonyl (C=O) groups excluding carboxylic acids is 3. The zero-order chi connectivity index (χ0) is 34.6. The third-order valence-electron chi connectivity index (χ3n) is 9.38. The molecule has 3 aromatic carbocycles. The summed E-state index contributed by atoms with van der Waals surface area (Å²) in [5, 5.41) is 27.7. The van der Waals surface area contributed by atoms with Gasteiger partial charge >= 0.3 is 17.9 Å². The second-order valence-corrected chi connectivity index (χ2v) is 12.9. The highest BCUT2D eigenvalue weighted by Crippen LogP contribution is 2.46. The summed E-state index contributed by atoms with van der Waals surface area (Å²) >= 11 is 0. The lowest BCUT2D eigenvalue weighted by Crippen LogP contribution is -2.10. The Bertz CT molecular complexity index is 1280. The lowest BCUT2D eigenvalue weighted by molar-refractivity contribution is -0.142.